The first kappa shape index (κ1) is 15.7. The lowest BCUT2D eigenvalue weighted by atomic mass is 10.5. The smallest absolute Gasteiger partial charge is 0.313 e. The number of rotatable bonds is 7. The highest BCUT2D eigenvalue weighted by atomic mass is 32.2. The molecule has 2 aromatic heterocycles. The second-order valence-corrected chi connectivity index (χ2v) is 6.82. The van der Waals surface area contributed by atoms with Crippen LogP contribution in [-0.2, 0) is 9.59 Å². The molecule has 110 valence electrons. The van der Waals surface area contributed by atoms with Crippen molar-refractivity contribution in [3.8, 4) is 0 Å². The summed E-state index contributed by atoms with van der Waals surface area (Å²) in [4.78, 5) is 27.0. The predicted octanol–water partition coefficient (Wildman–Crippen LogP) is 1.84. The summed E-state index contributed by atoms with van der Waals surface area (Å²) in [6.07, 6.45) is 3.33. The standard InChI is InChI=1S/C11H10N4O3S3/c16-8(5-19-7-1-3-12-4-2-7)13-10-14-15-11(21-10)20-6-9(17)18/h1-4H,5-6H2,(H,17,18)(H,13,14,16). The van der Waals surface area contributed by atoms with E-state index in [9.17, 15) is 9.59 Å². The Morgan fingerprint density at radius 2 is 1.95 bits per heavy atom. The third-order valence-electron chi connectivity index (χ3n) is 1.99. The van der Waals surface area contributed by atoms with Crippen molar-refractivity contribution < 1.29 is 14.7 Å². The first-order valence-electron chi connectivity index (χ1n) is 5.64. The van der Waals surface area contributed by atoms with Crippen molar-refractivity contribution in [1.29, 1.82) is 0 Å². The van der Waals surface area contributed by atoms with E-state index in [1.165, 1.54) is 11.8 Å². The number of nitrogens with one attached hydrogen (secondary N) is 1. The second kappa shape index (κ2) is 7.96. The van der Waals surface area contributed by atoms with Gasteiger partial charge in [-0.05, 0) is 12.1 Å². The Labute approximate surface area is 132 Å². The van der Waals surface area contributed by atoms with Crippen LogP contribution in [-0.4, -0.2) is 43.7 Å². The van der Waals surface area contributed by atoms with Crippen LogP contribution < -0.4 is 5.32 Å². The lowest BCUT2D eigenvalue weighted by Gasteiger charge is -2.00. The highest BCUT2D eigenvalue weighted by molar-refractivity contribution is 8.01. The fourth-order valence-corrected chi connectivity index (χ4v) is 3.35. The molecule has 1 amide bonds. The van der Waals surface area contributed by atoms with Gasteiger partial charge in [0.15, 0.2) is 4.34 Å². The number of carbonyl (C=O) groups excluding carboxylic acids is 1. The van der Waals surface area contributed by atoms with E-state index in [-0.39, 0.29) is 17.4 Å². The molecular formula is C11H10N4O3S3. The molecule has 10 heteroatoms. The average Bonchev–Trinajstić information content (AvgIpc) is 2.91. The van der Waals surface area contributed by atoms with Crippen molar-refractivity contribution >= 4 is 51.9 Å². The molecule has 0 atom stereocenters. The molecule has 0 bridgehead atoms. The number of pyridine rings is 1. The number of anilines is 1. The molecule has 2 N–H and O–H groups in total. The van der Waals surface area contributed by atoms with E-state index in [0.29, 0.717) is 9.47 Å². The average molecular weight is 342 g/mol. The van der Waals surface area contributed by atoms with Crippen molar-refractivity contribution in [3.05, 3.63) is 24.5 Å². The van der Waals surface area contributed by atoms with Gasteiger partial charge in [0.1, 0.15) is 0 Å². The minimum absolute atomic E-state index is 0.0829. The van der Waals surface area contributed by atoms with Gasteiger partial charge in [0.25, 0.3) is 0 Å². The van der Waals surface area contributed by atoms with E-state index in [2.05, 4.69) is 20.5 Å². The fourth-order valence-electron chi connectivity index (χ4n) is 1.18. The number of nitrogens with zero attached hydrogens (tertiary/aromatic N) is 3. The van der Waals surface area contributed by atoms with E-state index in [1.54, 1.807) is 12.4 Å². The van der Waals surface area contributed by atoms with Crippen LogP contribution in [0.5, 0.6) is 0 Å². The number of thioether (sulfide) groups is 2. The number of aromatic nitrogens is 3. The maximum Gasteiger partial charge on any atom is 0.313 e. The van der Waals surface area contributed by atoms with Crippen LogP contribution in [0.1, 0.15) is 0 Å². The summed E-state index contributed by atoms with van der Waals surface area (Å²) in [5.41, 5.74) is 0. The normalized spacial score (nSPS) is 10.3. The minimum atomic E-state index is -0.922. The molecule has 7 nitrogen and oxygen atoms in total. The summed E-state index contributed by atoms with van der Waals surface area (Å²) in [6, 6.07) is 3.65. The third-order valence-corrected chi connectivity index (χ3v) is 4.96. The first-order chi connectivity index (χ1) is 10.1. The Kier molecular flexibility index (Phi) is 5.96. The monoisotopic (exact) mass is 342 g/mol. The summed E-state index contributed by atoms with van der Waals surface area (Å²) in [5.74, 6) is -0.945. The van der Waals surface area contributed by atoms with E-state index in [4.69, 9.17) is 5.11 Å². The number of hydrogen-bond donors (Lipinski definition) is 2. The molecule has 0 radical (unpaired) electrons. The Hall–Kier alpha value is -1.65. The summed E-state index contributed by atoms with van der Waals surface area (Å²) >= 11 is 3.61. The molecule has 0 aliphatic heterocycles. The molecule has 0 saturated carbocycles. The van der Waals surface area contributed by atoms with Gasteiger partial charge in [-0.1, -0.05) is 23.1 Å². The van der Waals surface area contributed by atoms with Gasteiger partial charge in [-0.25, -0.2) is 0 Å². The largest absolute Gasteiger partial charge is 0.481 e. The lowest BCUT2D eigenvalue weighted by Crippen LogP contribution is -2.13. The molecule has 2 heterocycles. The van der Waals surface area contributed by atoms with Crippen LogP contribution in [0, 0.1) is 0 Å². The molecule has 0 spiro atoms. The zero-order chi connectivity index (χ0) is 15.1. The Bertz CT molecular complexity index is 620. The van der Waals surface area contributed by atoms with E-state index < -0.39 is 5.97 Å². The molecule has 21 heavy (non-hydrogen) atoms. The lowest BCUT2D eigenvalue weighted by molar-refractivity contribution is -0.133. The zero-order valence-electron chi connectivity index (χ0n) is 10.6. The van der Waals surface area contributed by atoms with Crippen LogP contribution in [0.15, 0.2) is 33.8 Å². The van der Waals surface area contributed by atoms with E-state index in [1.807, 2.05) is 12.1 Å². The van der Waals surface area contributed by atoms with Crippen LogP contribution in [0.4, 0.5) is 5.13 Å². The number of hydrogen-bond acceptors (Lipinski definition) is 8. The van der Waals surface area contributed by atoms with Crippen LogP contribution >= 0.6 is 34.9 Å². The maximum atomic E-state index is 11.8. The quantitative estimate of drug-likeness (QED) is 0.580. The van der Waals surface area contributed by atoms with Crippen molar-refractivity contribution in [1.82, 2.24) is 15.2 Å². The molecule has 0 aromatic carbocycles. The second-order valence-electron chi connectivity index (χ2n) is 3.58. The van der Waals surface area contributed by atoms with Crippen LogP contribution in [0.2, 0.25) is 0 Å². The van der Waals surface area contributed by atoms with Crippen molar-refractivity contribution in [3.63, 3.8) is 0 Å². The van der Waals surface area contributed by atoms with Crippen LogP contribution in [0.25, 0.3) is 0 Å². The highest BCUT2D eigenvalue weighted by Crippen LogP contribution is 2.25. The fraction of sp³-hybridized carbons (Fsp3) is 0.182. The van der Waals surface area contributed by atoms with E-state index in [0.717, 1.165) is 28.0 Å². The molecular weight excluding hydrogens is 332 g/mol. The molecule has 0 saturated heterocycles. The van der Waals surface area contributed by atoms with Gasteiger partial charge in [-0.15, -0.1) is 22.0 Å². The molecule has 0 fully saturated rings. The Morgan fingerprint density at radius 1 is 1.19 bits per heavy atom. The summed E-state index contributed by atoms with van der Waals surface area (Å²) in [6.45, 7) is 0. The highest BCUT2D eigenvalue weighted by Gasteiger charge is 2.10. The minimum Gasteiger partial charge on any atom is -0.481 e. The van der Waals surface area contributed by atoms with Crippen molar-refractivity contribution in [2.75, 3.05) is 16.8 Å². The first-order valence-corrected chi connectivity index (χ1v) is 8.43. The maximum absolute atomic E-state index is 11.8. The van der Waals surface area contributed by atoms with Gasteiger partial charge < -0.3 is 5.11 Å². The third kappa shape index (κ3) is 5.69. The molecule has 0 aliphatic carbocycles. The molecule has 2 rings (SSSR count). The number of amides is 1. The van der Waals surface area contributed by atoms with Crippen molar-refractivity contribution in [2.24, 2.45) is 0 Å². The van der Waals surface area contributed by atoms with Crippen molar-refractivity contribution in [2.45, 2.75) is 9.24 Å². The summed E-state index contributed by atoms with van der Waals surface area (Å²) < 4.78 is 0.509. The summed E-state index contributed by atoms with van der Waals surface area (Å²) in [5, 5.41) is 19.1. The number of aliphatic carboxylic acids is 1. The van der Waals surface area contributed by atoms with Gasteiger partial charge in [0.2, 0.25) is 11.0 Å². The number of carboxylic acids is 1. The van der Waals surface area contributed by atoms with Crippen LogP contribution in [0.3, 0.4) is 0 Å². The zero-order valence-corrected chi connectivity index (χ0v) is 13.0. The van der Waals surface area contributed by atoms with Gasteiger partial charge in [0, 0.05) is 17.3 Å². The number of carbonyl (C=O) groups is 2. The molecule has 0 aliphatic rings. The Balaban J connectivity index is 1.78. The van der Waals surface area contributed by atoms with Gasteiger partial charge in [-0.2, -0.15) is 0 Å². The van der Waals surface area contributed by atoms with E-state index >= 15 is 0 Å². The topological polar surface area (TPSA) is 105 Å². The summed E-state index contributed by atoms with van der Waals surface area (Å²) in [7, 11) is 0. The SMILES string of the molecule is O=C(O)CSc1nnc(NC(=O)CSc2ccncc2)s1. The number of carboxylic acid groups (broad SMARTS) is 1. The Morgan fingerprint density at radius 3 is 2.67 bits per heavy atom. The predicted molar refractivity (Wildman–Crippen MR) is 81.9 cm³/mol. The molecule has 2 aromatic rings. The molecule has 0 unspecified atom stereocenters. The van der Waals surface area contributed by atoms with Gasteiger partial charge >= 0.3 is 5.97 Å². The van der Waals surface area contributed by atoms with Gasteiger partial charge in [0.05, 0.1) is 11.5 Å². The van der Waals surface area contributed by atoms with Gasteiger partial charge in [-0.3, -0.25) is 19.9 Å².